The van der Waals surface area contributed by atoms with Gasteiger partial charge in [-0.2, -0.15) is 0 Å². The van der Waals surface area contributed by atoms with Crippen molar-refractivity contribution in [3.63, 3.8) is 0 Å². The maximum Gasteiger partial charge on any atom is 0.224 e. The average molecular weight is 260 g/mol. The summed E-state index contributed by atoms with van der Waals surface area (Å²) in [6, 6.07) is 8.66. The highest BCUT2D eigenvalue weighted by Gasteiger charge is 2.25. The summed E-state index contributed by atoms with van der Waals surface area (Å²) >= 11 is 0. The first kappa shape index (κ1) is 14.1. The van der Waals surface area contributed by atoms with Crippen molar-refractivity contribution in [3.8, 4) is 0 Å². The molecule has 1 unspecified atom stereocenters. The quantitative estimate of drug-likeness (QED) is 0.849. The molecule has 0 saturated carbocycles. The second kappa shape index (κ2) is 6.20. The number of rotatable bonds is 5. The van der Waals surface area contributed by atoms with Crippen LogP contribution in [0.1, 0.15) is 31.4 Å². The zero-order chi connectivity index (χ0) is 13.8. The summed E-state index contributed by atoms with van der Waals surface area (Å²) in [6.07, 6.45) is 2.75. The molecule has 0 saturated heterocycles. The highest BCUT2D eigenvalue weighted by atomic mass is 16.1. The van der Waals surface area contributed by atoms with Crippen LogP contribution in [-0.2, 0) is 17.6 Å². The summed E-state index contributed by atoms with van der Waals surface area (Å²) in [7, 11) is 0. The Morgan fingerprint density at radius 3 is 2.37 bits per heavy atom. The Bertz CT molecular complexity index is 417. The SMILES string of the molecule is CC(C)CC(CN)C(=O)NC1Cc2ccccc2C1. The van der Waals surface area contributed by atoms with E-state index >= 15 is 0 Å². The number of amides is 1. The number of benzene rings is 1. The number of carbonyl (C=O) groups excluding carboxylic acids is 1. The number of nitrogens with one attached hydrogen (secondary N) is 1. The molecular weight excluding hydrogens is 236 g/mol. The van der Waals surface area contributed by atoms with Gasteiger partial charge in [0.15, 0.2) is 0 Å². The van der Waals surface area contributed by atoms with Crippen molar-refractivity contribution >= 4 is 5.91 Å². The third-order valence-corrected chi connectivity index (χ3v) is 3.81. The van der Waals surface area contributed by atoms with E-state index in [9.17, 15) is 4.79 Å². The Balaban J connectivity index is 1.91. The highest BCUT2D eigenvalue weighted by molar-refractivity contribution is 5.79. The molecule has 0 heterocycles. The summed E-state index contributed by atoms with van der Waals surface area (Å²) in [5.74, 6) is 0.567. The van der Waals surface area contributed by atoms with Crippen molar-refractivity contribution in [2.75, 3.05) is 6.54 Å². The van der Waals surface area contributed by atoms with Gasteiger partial charge in [-0.15, -0.1) is 0 Å². The van der Waals surface area contributed by atoms with E-state index < -0.39 is 0 Å². The molecule has 0 bridgehead atoms. The van der Waals surface area contributed by atoms with Gasteiger partial charge >= 0.3 is 0 Å². The zero-order valence-corrected chi connectivity index (χ0v) is 11.9. The zero-order valence-electron chi connectivity index (χ0n) is 11.9. The van der Waals surface area contributed by atoms with Crippen molar-refractivity contribution < 1.29 is 4.79 Å². The van der Waals surface area contributed by atoms with Crippen molar-refractivity contribution in [1.82, 2.24) is 5.32 Å². The van der Waals surface area contributed by atoms with Gasteiger partial charge in [0.25, 0.3) is 0 Å². The van der Waals surface area contributed by atoms with E-state index in [4.69, 9.17) is 5.73 Å². The van der Waals surface area contributed by atoms with Crippen LogP contribution < -0.4 is 11.1 Å². The Hall–Kier alpha value is -1.35. The first-order valence-corrected chi connectivity index (χ1v) is 7.17. The summed E-state index contributed by atoms with van der Waals surface area (Å²) in [6.45, 7) is 4.69. The molecule has 0 radical (unpaired) electrons. The number of hydrogen-bond acceptors (Lipinski definition) is 2. The van der Waals surface area contributed by atoms with Crippen LogP contribution in [0.15, 0.2) is 24.3 Å². The minimum Gasteiger partial charge on any atom is -0.352 e. The van der Waals surface area contributed by atoms with Crippen LogP contribution in [0.5, 0.6) is 0 Å². The largest absolute Gasteiger partial charge is 0.352 e. The molecule has 1 amide bonds. The van der Waals surface area contributed by atoms with Crippen LogP contribution in [-0.4, -0.2) is 18.5 Å². The molecule has 0 spiro atoms. The van der Waals surface area contributed by atoms with Gasteiger partial charge in [-0.25, -0.2) is 0 Å². The Morgan fingerprint density at radius 1 is 1.32 bits per heavy atom. The first-order chi connectivity index (χ1) is 9.10. The molecule has 1 atom stereocenters. The molecule has 1 aliphatic rings. The maximum atomic E-state index is 12.2. The van der Waals surface area contributed by atoms with E-state index in [-0.39, 0.29) is 17.9 Å². The smallest absolute Gasteiger partial charge is 0.224 e. The molecule has 1 aliphatic carbocycles. The Labute approximate surface area is 115 Å². The van der Waals surface area contributed by atoms with Crippen LogP contribution in [0, 0.1) is 11.8 Å². The fourth-order valence-electron chi connectivity index (χ4n) is 2.86. The van der Waals surface area contributed by atoms with Gasteiger partial charge in [-0.3, -0.25) is 4.79 Å². The van der Waals surface area contributed by atoms with Crippen LogP contribution in [0.2, 0.25) is 0 Å². The summed E-state index contributed by atoms with van der Waals surface area (Å²) in [5, 5.41) is 3.16. The third-order valence-electron chi connectivity index (χ3n) is 3.81. The van der Waals surface area contributed by atoms with Crippen LogP contribution in [0.25, 0.3) is 0 Å². The van der Waals surface area contributed by atoms with Crippen molar-refractivity contribution in [2.45, 2.75) is 39.2 Å². The van der Waals surface area contributed by atoms with Gasteiger partial charge in [0.05, 0.1) is 5.92 Å². The Morgan fingerprint density at radius 2 is 1.89 bits per heavy atom. The number of hydrogen-bond donors (Lipinski definition) is 2. The van der Waals surface area contributed by atoms with Crippen molar-refractivity contribution in [2.24, 2.45) is 17.6 Å². The molecule has 104 valence electrons. The summed E-state index contributed by atoms with van der Waals surface area (Å²) < 4.78 is 0. The molecule has 0 aliphatic heterocycles. The van der Waals surface area contributed by atoms with E-state index in [2.05, 4.69) is 43.4 Å². The van der Waals surface area contributed by atoms with Gasteiger partial charge in [0.1, 0.15) is 0 Å². The van der Waals surface area contributed by atoms with E-state index in [0.717, 1.165) is 19.3 Å². The van der Waals surface area contributed by atoms with Crippen molar-refractivity contribution in [3.05, 3.63) is 35.4 Å². The number of fused-ring (bicyclic) bond motifs is 1. The van der Waals surface area contributed by atoms with Gasteiger partial charge in [0, 0.05) is 12.6 Å². The monoisotopic (exact) mass is 260 g/mol. The average Bonchev–Trinajstić information content (AvgIpc) is 2.77. The van der Waals surface area contributed by atoms with E-state index in [1.54, 1.807) is 0 Å². The fourth-order valence-corrected chi connectivity index (χ4v) is 2.86. The maximum absolute atomic E-state index is 12.2. The summed E-state index contributed by atoms with van der Waals surface area (Å²) in [4.78, 5) is 12.2. The Kier molecular flexibility index (Phi) is 4.59. The van der Waals surface area contributed by atoms with Gasteiger partial charge < -0.3 is 11.1 Å². The second-order valence-electron chi connectivity index (χ2n) is 5.94. The molecule has 0 fully saturated rings. The van der Waals surface area contributed by atoms with Crippen LogP contribution in [0.3, 0.4) is 0 Å². The van der Waals surface area contributed by atoms with Gasteiger partial charge in [-0.05, 0) is 36.3 Å². The predicted octanol–water partition coefficient (Wildman–Crippen LogP) is 1.89. The minimum absolute atomic E-state index is 0.0521. The highest BCUT2D eigenvalue weighted by Crippen LogP contribution is 2.22. The van der Waals surface area contributed by atoms with Crippen LogP contribution >= 0.6 is 0 Å². The summed E-state index contributed by atoms with van der Waals surface area (Å²) in [5.41, 5.74) is 8.44. The van der Waals surface area contributed by atoms with E-state index in [0.29, 0.717) is 12.5 Å². The third kappa shape index (κ3) is 3.57. The topological polar surface area (TPSA) is 55.1 Å². The molecule has 3 heteroatoms. The van der Waals surface area contributed by atoms with Gasteiger partial charge in [0.2, 0.25) is 5.91 Å². The first-order valence-electron chi connectivity index (χ1n) is 7.17. The fraction of sp³-hybridized carbons (Fsp3) is 0.562. The molecule has 1 aromatic rings. The lowest BCUT2D eigenvalue weighted by Crippen LogP contribution is -2.42. The van der Waals surface area contributed by atoms with Gasteiger partial charge in [-0.1, -0.05) is 38.1 Å². The second-order valence-corrected chi connectivity index (χ2v) is 5.94. The molecule has 19 heavy (non-hydrogen) atoms. The van der Waals surface area contributed by atoms with E-state index in [1.807, 2.05) is 0 Å². The molecule has 3 N–H and O–H groups in total. The lowest BCUT2D eigenvalue weighted by Gasteiger charge is -2.20. The van der Waals surface area contributed by atoms with Crippen molar-refractivity contribution in [1.29, 1.82) is 0 Å². The lowest BCUT2D eigenvalue weighted by molar-refractivity contribution is -0.125. The normalized spacial score (nSPS) is 16.4. The molecular formula is C16H24N2O. The van der Waals surface area contributed by atoms with E-state index in [1.165, 1.54) is 11.1 Å². The molecule has 2 rings (SSSR count). The number of carbonyl (C=O) groups is 1. The molecule has 1 aromatic carbocycles. The standard InChI is InChI=1S/C16H24N2O/c1-11(2)7-14(10-17)16(19)18-15-8-12-5-3-4-6-13(12)9-15/h3-6,11,14-15H,7-10,17H2,1-2H3,(H,18,19). The predicted molar refractivity (Wildman–Crippen MR) is 77.8 cm³/mol. The lowest BCUT2D eigenvalue weighted by atomic mass is 9.96. The number of nitrogens with two attached hydrogens (primary N) is 1. The molecule has 3 nitrogen and oxygen atoms in total. The molecule has 0 aromatic heterocycles. The van der Waals surface area contributed by atoms with Crippen LogP contribution in [0.4, 0.5) is 0 Å². The minimum atomic E-state index is -0.0521.